The monoisotopic (exact) mass is 395 g/mol. The Morgan fingerprint density at radius 1 is 0.520 bits per heavy atom. The summed E-state index contributed by atoms with van der Waals surface area (Å²) in [5, 5.41) is 0. The second-order valence-electron chi connectivity index (χ2n) is 7.00. The molecule has 0 saturated carbocycles. The molecule has 0 atom stereocenters. The van der Waals surface area contributed by atoms with E-state index in [1.165, 1.54) is 15.6 Å². The molecule has 3 rings (SSSR count). The van der Waals surface area contributed by atoms with Gasteiger partial charge < -0.3 is 0 Å². The van der Waals surface area contributed by atoms with Crippen molar-refractivity contribution < 1.29 is 0 Å². The predicted molar refractivity (Wildman–Crippen MR) is 112 cm³/mol. The zero-order valence-corrected chi connectivity index (χ0v) is 17.3. The Labute approximate surface area is 156 Å². The van der Waals surface area contributed by atoms with Gasteiger partial charge in [0, 0.05) is 0 Å². The van der Waals surface area contributed by atoms with Crippen LogP contribution in [0, 0.1) is 0 Å². The van der Waals surface area contributed by atoms with Crippen molar-refractivity contribution in [1.82, 2.24) is 0 Å². The molecule has 0 aromatic heterocycles. The van der Waals surface area contributed by atoms with Crippen LogP contribution in [0.15, 0.2) is 78.9 Å². The van der Waals surface area contributed by atoms with E-state index in [1.54, 1.807) is 8.92 Å². The molecule has 0 nitrogen and oxygen atoms in total. The first kappa shape index (κ1) is 18.0. The van der Waals surface area contributed by atoms with Crippen molar-refractivity contribution in [3.05, 3.63) is 90.0 Å². The van der Waals surface area contributed by atoms with Gasteiger partial charge in [0.15, 0.2) is 0 Å². The van der Waals surface area contributed by atoms with Gasteiger partial charge >= 0.3 is 157 Å². The summed E-state index contributed by atoms with van der Waals surface area (Å²) in [5.74, 6) is 1.08. The van der Waals surface area contributed by atoms with Gasteiger partial charge in [0.25, 0.3) is 0 Å². The topological polar surface area (TPSA) is 0 Å². The summed E-state index contributed by atoms with van der Waals surface area (Å²) in [6.45, 7) is 9.23. The third kappa shape index (κ3) is 3.89. The van der Waals surface area contributed by atoms with Crippen LogP contribution in [0.3, 0.4) is 0 Å². The molecule has 0 aliphatic heterocycles. The van der Waals surface area contributed by atoms with Crippen molar-refractivity contribution in [2.24, 2.45) is 0 Å². The van der Waals surface area contributed by atoms with Crippen LogP contribution in [0.25, 0.3) is 0 Å². The molecule has 0 N–H and O–H groups in total. The third-order valence-corrected chi connectivity index (χ3v) is 9.47. The van der Waals surface area contributed by atoms with E-state index in [2.05, 4.69) is 107 Å². The van der Waals surface area contributed by atoms with Gasteiger partial charge in [0.1, 0.15) is 0 Å². The van der Waals surface area contributed by atoms with Crippen molar-refractivity contribution >= 4 is 27.3 Å². The van der Waals surface area contributed by atoms with Gasteiger partial charge in [-0.1, -0.05) is 0 Å². The molecule has 3 aromatic carbocycles. The van der Waals surface area contributed by atoms with E-state index in [-0.39, 0.29) is 0 Å². The second-order valence-corrected chi connectivity index (χ2v) is 11.1. The van der Waals surface area contributed by atoms with Crippen LogP contribution in [0.5, 0.6) is 0 Å². The Morgan fingerprint density at radius 2 is 0.920 bits per heavy atom. The molecule has 0 spiro atoms. The first-order valence-electron chi connectivity index (χ1n) is 9.06. The Morgan fingerprint density at radius 3 is 1.36 bits per heavy atom. The van der Waals surface area contributed by atoms with Gasteiger partial charge in [0.05, 0.1) is 0 Å². The fraction of sp³-hybridized carbons (Fsp3) is 0.250. The van der Waals surface area contributed by atoms with Crippen molar-refractivity contribution in [2.75, 3.05) is 0 Å². The van der Waals surface area contributed by atoms with E-state index in [0.717, 1.165) is 0 Å². The average molecular weight is 394 g/mol. The molecule has 0 radical (unpaired) electrons. The normalized spacial score (nSPS) is 11.5. The fourth-order valence-corrected chi connectivity index (χ4v) is 8.84. The van der Waals surface area contributed by atoms with E-state index in [9.17, 15) is 0 Å². The van der Waals surface area contributed by atoms with Crippen LogP contribution in [0.2, 0.25) is 0 Å². The van der Waals surface area contributed by atoms with Crippen LogP contribution in [-0.2, 0) is 0 Å². The molecule has 3 aromatic rings. The standard InChI is InChI=1S/C24H27Se/c1-18(2)21-14-8-10-16-23(21)25(20-12-6-5-7-13-20)24-17-11-9-15-22(24)19(3)4/h5-19H,1-4H3/q+1. The minimum atomic E-state index is -1.32. The average Bonchev–Trinajstić information content (AvgIpc) is 2.63. The summed E-state index contributed by atoms with van der Waals surface area (Å²) in [4.78, 5) is 0. The van der Waals surface area contributed by atoms with E-state index in [4.69, 9.17) is 0 Å². The third-order valence-electron chi connectivity index (χ3n) is 4.50. The summed E-state index contributed by atoms with van der Waals surface area (Å²) >= 11 is -1.32. The Kier molecular flexibility index (Phi) is 5.78. The van der Waals surface area contributed by atoms with Gasteiger partial charge in [-0.05, 0) is 0 Å². The first-order chi connectivity index (χ1) is 12.1. The molecule has 0 unspecified atom stereocenters. The molecule has 0 bridgehead atoms. The Hall–Kier alpha value is -1.82. The minimum absolute atomic E-state index is 0.539. The number of rotatable bonds is 5. The summed E-state index contributed by atoms with van der Waals surface area (Å²) in [7, 11) is 0. The van der Waals surface area contributed by atoms with Crippen molar-refractivity contribution in [2.45, 2.75) is 39.5 Å². The summed E-state index contributed by atoms with van der Waals surface area (Å²) in [6, 6.07) is 29.3. The molecule has 0 fully saturated rings. The van der Waals surface area contributed by atoms with Gasteiger partial charge in [-0.25, -0.2) is 0 Å². The van der Waals surface area contributed by atoms with Crippen LogP contribution < -0.4 is 13.4 Å². The predicted octanol–water partition coefficient (Wildman–Crippen LogP) is 4.45. The SMILES string of the molecule is CC(C)c1ccccc1[Se+](c1ccccc1)c1ccccc1C(C)C. The molecule has 0 amide bonds. The molecular weight excluding hydrogens is 367 g/mol. The van der Waals surface area contributed by atoms with E-state index in [0.29, 0.717) is 11.8 Å². The molecular formula is C24H27Se+. The van der Waals surface area contributed by atoms with Crippen LogP contribution in [0.4, 0.5) is 0 Å². The van der Waals surface area contributed by atoms with Gasteiger partial charge in [-0.3, -0.25) is 0 Å². The quantitative estimate of drug-likeness (QED) is 0.561. The maximum absolute atomic E-state index is 2.37. The summed E-state index contributed by atoms with van der Waals surface area (Å²) < 4.78 is 4.59. The van der Waals surface area contributed by atoms with E-state index < -0.39 is 13.9 Å². The van der Waals surface area contributed by atoms with Crippen molar-refractivity contribution in [3.63, 3.8) is 0 Å². The maximum atomic E-state index is 2.37. The number of hydrogen-bond donors (Lipinski definition) is 0. The molecule has 25 heavy (non-hydrogen) atoms. The van der Waals surface area contributed by atoms with Gasteiger partial charge in [0.2, 0.25) is 0 Å². The molecule has 0 saturated heterocycles. The van der Waals surface area contributed by atoms with Crippen LogP contribution in [-0.4, -0.2) is 13.9 Å². The zero-order chi connectivity index (χ0) is 17.8. The van der Waals surface area contributed by atoms with Gasteiger partial charge in [-0.2, -0.15) is 0 Å². The number of hydrogen-bond acceptors (Lipinski definition) is 0. The Balaban J connectivity index is 2.27. The van der Waals surface area contributed by atoms with Crippen molar-refractivity contribution in [3.8, 4) is 0 Å². The van der Waals surface area contributed by atoms with Crippen LogP contribution >= 0.6 is 0 Å². The summed E-state index contributed by atoms with van der Waals surface area (Å²) in [5.41, 5.74) is 2.99. The van der Waals surface area contributed by atoms with Crippen LogP contribution in [0.1, 0.15) is 50.7 Å². The number of benzene rings is 3. The molecule has 128 valence electrons. The van der Waals surface area contributed by atoms with Crippen molar-refractivity contribution in [1.29, 1.82) is 0 Å². The molecule has 1 heteroatoms. The Bertz CT molecular complexity index is 767. The second kappa shape index (κ2) is 8.04. The first-order valence-corrected chi connectivity index (χ1v) is 11.6. The summed E-state index contributed by atoms with van der Waals surface area (Å²) in [6.07, 6.45) is 0. The molecule has 0 aliphatic carbocycles. The zero-order valence-electron chi connectivity index (χ0n) is 15.6. The van der Waals surface area contributed by atoms with E-state index in [1.807, 2.05) is 0 Å². The van der Waals surface area contributed by atoms with E-state index >= 15 is 0 Å². The fourth-order valence-electron chi connectivity index (χ4n) is 3.22. The molecule has 0 aliphatic rings. The van der Waals surface area contributed by atoms with Gasteiger partial charge in [-0.15, -0.1) is 0 Å². The molecule has 0 heterocycles.